The van der Waals surface area contributed by atoms with Gasteiger partial charge in [0.1, 0.15) is 10.6 Å². The summed E-state index contributed by atoms with van der Waals surface area (Å²) < 4.78 is 95.9. The van der Waals surface area contributed by atoms with Crippen LogP contribution in [0.5, 0.6) is 5.75 Å². The Balaban J connectivity index is 2.03. The quantitative estimate of drug-likeness (QED) is 0.160. The Bertz CT molecular complexity index is 1980. The zero-order chi connectivity index (χ0) is 28.8. The fourth-order valence-electron chi connectivity index (χ4n) is 3.55. The number of aryl methyl sites for hydroxylation is 1. The van der Waals surface area contributed by atoms with E-state index in [-0.39, 0.29) is 21.0 Å². The molecule has 0 bridgehead atoms. The zero-order valence-corrected chi connectivity index (χ0v) is 22.8. The van der Waals surface area contributed by atoms with E-state index >= 15 is 0 Å². The number of halogens is 1. The van der Waals surface area contributed by atoms with Gasteiger partial charge in [0.25, 0.3) is 30.3 Å². The Kier molecular flexibility index (Phi) is 7.41. The number of sulfonamides is 1. The average Bonchev–Trinajstić information content (AvgIpc) is 2.82. The number of hydrogen-bond acceptors (Lipinski definition) is 9. The van der Waals surface area contributed by atoms with Gasteiger partial charge in [0.15, 0.2) is 5.75 Å². The van der Waals surface area contributed by atoms with E-state index in [0.29, 0.717) is 0 Å². The molecule has 12 nitrogen and oxygen atoms in total. The topological polar surface area (TPSA) is 200 Å². The molecule has 0 heterocycles. The molecule has 0 saturated heterocycles. The summed E-state index contributed by atoms with van der Waals surface area (Å²) in [6, 6.07) is 13.8. The molecule has 204 valence electrons. The van der Waals surface area contributed by atoms with Crippen LogP contribution in [0.2, 0.25) is 5.02 Å². The summed E-state index contributed by atoms with van der Waals surface area (Å²) in [7, 11) is -14.4. The Hall–Kier alpha value is -3.60. The number of nitrogens with one attached hydrogen (secondary N) is 1. The predicted octanol–water partition coefficient (Wildman–Crippen LogP) is 5.22. The van der Waals surface area contributed by atoms with Crippen molar-refractivity contribution < 1.29 is 39.5 Å². The number of fused-ring (bicyclic) bond motifs is 1. The number of nitrogens with zero attached hydrogens (tertiary/aromatic N) is 2. The molecule has 0 aliphatic carbocycles. The van der Waals surface area contributed by atoms with Gasteiger partial charge in [-0.15, -0.1) is 5.11 Å². The average molecular weight is 612 g/mol. The zero-order valence-electron chi connectivity index (χ0n) is 19.6. The van der Waals surface area contributed by atoms with Crippen LogP contribution in [0.1, 0.15) is 5.56 Å². The van der Waals surface area contributed by atoms with Gasteiger partial charge >= 0.3 is 0 Å². The van der Waals surface area contributed by atoms with Crippen molar-refractivity contribution in [1.29, 1.82) is 0 Å². The standard InChI is InChI=1S/C23H18ClN3O9S3/c1-13-5-7-17(8-6-13)37(29,30)27-19-12-18(38(31,32)33)9-14-10-20(39(34,35)36)22(23(28)21(14)19)26-25-16-4-2-3-15(24)11-16/h2-12,27-28H,1H3,(H,31,32,33)(H,34,35,36). The van der Waals surface area contributed by atoms with Gasteiger partial charge in [-0.25, -0.2) is 8.42 Å². The molecule has 4 N–H and O–H groups in total. The predicted molar refractivity (Wildman–Crippen MR) is 143 cm³/mol. The first-order valence-corrected chi connectivity index (χ1v) is 15.4. The van der Waals surface area contributed by atoms with Gasteiger partial charge in [-0.3, -0.25) is 13.8 Å². The summed E-state index contributed by atoms with van der Waals surface area (Å²) in [6.07, 6.45) is 0. The van der Waals surface area contributed by atoms with Crippen molar-refractivity contribution in [3.8, 4) is 5.75 Å². The second-order valence-corrected chi connectivity index (χ2v) is 13.1. The molecule has 16 heteroatoms. The highest BCUT2D eigenvalue weighted by Crippen LogP contribution is 2.45. The lowest BCUT2D eigenvalue weighted by Gasteiger charge is -2.16. The van der Waals surface area contributed by atoms with Gasteiger partial charge in [0, 0.05) is 5.02 Å². The molecular formula is C23H18ClN3O9S3. The summed E-state index contributed by atoms with van der Waals surface area (Å²) in [6.45, 7) is 1.73. The second-order valence-electron chi connectivity index (χ2n) is 8.19. The summed E-state index contributed by atoms with van der Waals surface area (Å²) in [5.74, 6) is -0.964. The van der Waals surface area contributed by atoms with E-state index in [1.807, 2.05) is 0 Å². The second kappa shape index (κ2) is 10.2. The number of anilines is 1. The molecule has 4 rings (SSSR count). The summed E-state index contributed by atoms with van der Waals surface area (Å²) in [5.41, 5.74) is -0.414. The number of rotatable bonds is 7. The molecule has 0 unspecified atom stereocenters. The molecule has 0 saturated carbocycles. The first-order chi connectivity index (χ1) is 18.1. The Labute approximate surface area is 228 Å². The third kappa shape index (κ3) is 6.19. The van der Waals surface area contributed by atoms with Crippen molar-refractivity contribution in [1.82, 2.24) is 0 Å². The van der Waals surface area contributed by atoms with Gasteiger partial charge < -0.3 is 5.11 Å². The molecule has 0 fully saturated rings. The molecule has 0 amide bonds. The molecule has 39 heavy (non-hydrogen) atoms. The summed E-state index contributed by atoms with van der Waals surface area (Å²) >= 11 is 5.91. The summed E-state index contributed by atoms with van der Waals surface area (Å²) in [4.78, 5) is -2.02. The number of azo groups is 1. The highest BCUT2D eigenvalue weighted by molar-refractivity contribution is 7.92. The molecule has 0 radical (unpaired) electrons. The number of aromatic hydroxyl groups is 1. The van der Waals surface area contributed by atoms with Crippen LogP contribution < -0.4 is 4.72 Å². The number of phenols is 1. The van der Waals surface area contributed by atoms with Crippen molar-refractivity contribution in [3.63, 3.8) is 0 Å². The number of hydrogen-bond donors (Lipinski definition) is 4. The Morgan fingerprint density at radius 2 is 1.46 bits per heavy atom. The van der Waals surface area contributed by atoms with Gasteiger partial charge in [0.2, 0.25) is 0 Å². The fraction of sp³-hybridized carbons (Fsp3) is 0.0435. The maximum Gasteiger partial charge on any atom is 0.296 e. The van der Waals surface area contributed by atoms with Crippen LogP contribution >= 0.6 is 11.6 Å². The van der Waals surface area contributed by atoms with Crippen molar-refractivity contribution in [2.75, 3.05) is 4.72 Å². The maximum atomic E-state index is 13.1. The van der Waals surface area contributed by atoms with Crippen molar-refractivity contribution in [2.24, 2.45) is 10.2 Å². The SMILES string of the molecule is Cc1ccc(S(=O)(=O)Nc2cc(S(=O)(=O)O)cc3cc(S(=O)(=O)O)c(N=Nc4cccc(Cl)c4)c(O)c23)cc1. The lowest BCUT2D eigenvalue weighted by Crippen LogP contribution is -2.14. The molecule has 0 aliphatic rings. The van der Waals surface area contributed by atoms with E-state index in [2.05, 4.69) is 15.0 Å². The highest BCUT2D eigenvalue weighted by Gasteiger charge is 2.27. The molecule has 0 spiro atoms. The van der Waals surface area contributed by atoms with Crippen LogP contribution in [-0.2, 0) is 30.3 Å². The largest absolute Gasteiger partial charge is 0.505 e. The Morgan fingerprint density at radius 3 is 2.05 bits per heavy atom. The minimum absolute atomic E-state index is 0.144. The summed E-state index contributed by atoms with van der Waals surface area (Å²) in [5, 5.41) is 18.2. The lowest BCUT2D eigenvalue weighted by atomic mass is 10.1. The molecular weight excluding hydrogens is 594 g/mol. The first-order valence-electron chi connectivity index (χ1n) is 10.6. The van der Waals surface area contributed by atoms with Crippen LogP contribution in [0, 0.1) is 6.92 Å². The minimum Gasteiger partial charge on any atom is -0.505 e. The third-order valence-corrected chi connectivity index (χ3v) is 8.66. The minimum atomic E-state index is -5.09. The van der Waals surface area contributed by atoms with E-state index in [1.165, 1.54) is 48.5 Å². The van der Waals surface area contributed by atoms with Crippen molar-refractivity contribution in [2.45, 2.75) is 21.6 Å². The molecule has 0 aliphatic heterocycles. The van der Waals surface area contributed by atoms with E-state index < -0.39 is 62.6 Å². The van der Waals surface area contributed by atoms with Gasteiger partial charge in [0.05, 0.1) is 26.6 Å². The van der Waals surface area contributed by atoms with Crippen LogP contribution in [0.15, 0.2) is 91.6 Å². The lowest BCUT2D eigenvalue weighted by molar-refractivity contribution is 0.472. The molecule has 0 atom stereocenters. The normalized spacial score (nSPS) is 12.7. The maximum absolute atomic E-state index is 13.1. The van der Waals surface area contributed by atoms with Crippen molar-refractivity contribution in [3.05, 3.63) is 77.3 Å². The molecule has 4 aromatic rings. The third-order valence-electron chi connectivity index (χ3n) is 5.35. The highest BCUT2D eigenvalue weighted by atomic mass is 35.5. The number of phenolic OH excluding ortho intramolecular Hbond substituents is 1. The van der Waals surface area contributed by atoms with E-state index in [4.69, 9.17) is 11.6 Å². The fourth-order valence-corrected chi connectivity index (χ4v) is 6.00. The monoisotopic (exact) mass is 611 g/mol. The Morgan fingerprint density at radius 1 is 0.795 bits per heavy atom. The van der Waals surface area contributed by atoms with E-state index in [1.54, 1.807) is 6.92 Å². The van der Waals surface area contributed by atoms with Crippen molar-refractivity contribution >= 4 is 69.7 Å². The van der Waals surface area contributed by atoms with Gasteiger partial charge in [-0.2, -0.15) is 21.9 Å². The van der Waals surface area contributed by atoms with Gasteiger partial charge in [-0.05, 0) is 60.8 Å². The smallest absolute Gasteiger partial charge is 0.296 e. The molecule has 4 aromatic carbocycles. The molecule has 0 aromatic heterocycles. The van der Waals surface area contributed by atoms with Crippen LogP contribution in [-0.4, -0.2) is 39.5 Å². The van der Waals surface area contributed by atoms with Crippen LogP contribution in [0.25, 0.3) is 10.8 Å². The number of benzene rings is 4. The van der Waals surface area contributed by atoms with E-state index in [0.717, 1.165) is 23.8 Å². The van der Waals surface area contributed by atoms with Gasteiger partial charge in [-0.1, -0.05) is 35.4 Å². The van der Waals surface area contributed by atoms with Crippen LogP contribution in [0.4, 0.5) is 17.1 Å². The van der Waals surface area contributed by atoms with E-state index in [9.17, 15) is 39.5 Å². The van der Waals surface area contributed by atoms with Crippen LogP contribution in [0.3, 0.4) is 0 Å². The first kappa shape index (κ1) is 28.4.